The summed E-state index contributed by atoms with van der Waals surface area (Å²) in [6.45, 7) is 4.12. The van der Waals surface area contributed by atoms with Crippen LogP contribution in [0.5, 0.6) is 0 Å². The topological polar surface area (TPSA) is 52.7 Å². The molecule has 0 aliphatic carbocycles. The molecule has 1 aliphatic rings. The predicted molar refractivity (Wildman–Crippen MR) is 105 cm³/mol. The van der Waals surface area contributed by atoms with Gasteiger partial charge in [0, 0.05) is 55.2 Å². The maximum Gasteiger partial charge on any atom is 0.255 e. The van der Waals surface area contributed by atoms with E-state index in [0.717, 1.165) is 19.6 Å². The average molecular weight is 412 g/mol. The van der Waals surface area contributed by atoms with Crippen molar-refractivity contribution in [1.82, 2.24) is 15.1 Å². The highest BCUT2D eigenvalue weighted by Crippen LogP contribution is 2.22. The van der Waals surface area contributed by atoms with Gasteiger partial charge >= 0.3 is 0 Å². The molecule has 0 atom stereocenters. The maximum absolute atomic E-state index is 12.6. The summed E-state index contributed by atoms with van der Waals surface area (Å²) in [4.78, 5) is 28.6. The third-order valence-electron chi connectivity index (χ3n) is 4.32. The van der Waals surface area contributed by atoms with Crippen LogP contribution in [0.1, 0.15) is 20.7 Å². The fourth-order valence-corrected chi connectivity index (χ4v) is 3.84. The van der Waals surface area contributed by atoms with Crippen LogP contribution in [0.2, 0.25) is 10.0 Å². The molecule has 0 radical (unpaired) electrons. The van der Waals surface area contributed by atoms with Crippen molar-refractivity contribution in [3.05, 3.63) is 56.2 Å². The van der Waals surface area contributed by atoms with E-state index >= 15 is 0 Å². The summed E-state index contributed by atoms with van der Waals surface area (Å²) >= 11 is 13.6. The Morgan fingerprint density at radius 1 is 1.12 bits per heavy atom. The lowest BCUT2D eigenvalue weighted by Gasteiger charge is -2.34. The van der Waals surface area contributed by atoms with Crippen molar-refractivity contribution in [2.75, 3.05) is 39.3 Å². The standard InChI is InChI=1S/C18H19Cl2N3O2S/c19-14-1-2-16(20)15(11-14)18(25)23-8-6-22(7-9-23)5-4-21-17(24)13-3-10-26-12-13/h1-3,10-12H,4-9H2,(H,21,24). The summed E-state index contributed by atoms with van der Waals surface area (Å²) < 4.78 is 0. The van der Waals surface area contributed by atoms with E-state index in [0.29, 0.717) is 40.8 Å². The lowest BCUT2D eigenvalue weighted by atomic mass is 10.1. The Balaban J connectivity index is 1.44. The molecule has 2 heterocycles. The van der Waals surface area contributed by atoms with Crippen molar-refractivity contribution in [2.45, 2.75) is 0 Å². The smallest absolute Gasteiger partial charge is 0.255 e. The molecular weight excluding hydrogens is 393 g/mol. The summed E-state index contributed by atoms with van der Waals surface area (Å²) in [7, 11) is 0. The van der Waals surface area contributed by atoms with Gasteiger partial charge in [-0.25, -0.2) is 0 Å². The molecule has 5 nitrogen and oxygen atoms in total. The van der Waals surface area contributed by atoms with E-state index in [2.05, 4.69) is 10.2 Å². The number of carbonyl (C=O) groups excluding carboxylic acids is 2. The lowest BCUT2D eigenvalue weighted by molar-refractivity contribution is 0.0638. The first kappa shape index (κ1) is 19.2. The van der Waals surface area contributed by atoms with Gasteiger partial charge in [-0.3, -0.25) is 14.5 Å². The molecule has 0 bridgehead atoms. The van der Waals surface area contributed by atoms with Crippen LogP contribution in [0, 0.1) is 0 Å². The average Bonchev–Trinajstić information content (AvgIpc) is 3.18. The highest BCUT2D eigenvalue weighted by molar-refractivity contribution is 7.08. The molecule has 1 aliphatic heterocycles. The summed E-state index contributed by atoms with van der Waals surface area (Å²) in [5.74, 6) is -0.140. The molecule has 1 aromatic heterocycles. The number of hydrogen-bond donors (Lipinski definition) is 1. The molecule has 8 heteroatoms. The van der Waals surface area contributed by atoms with E-state index in [1.165, 1.54) is 11.3 Å². The zero-order valence-electron chi connectivity index (χ0n) is 14.1. The molecule has 1 fully saturated rings. The molecule has 1 aromatic carbocycles. The molecule has 0 spiro atoms. The second-order valence-corrected chi connectivity index (χ2v) is 7.65. The Bertz CT molecular complexity index is 775. The first-order valence-electron chi connectivity index (χ1n) is 8.31. The van der Waals surface area contributed by atoms with Crippen LogP contribution in [-0.4, -0.2) is 60.9 Å². The molecule has 3 rings (SSSR count). The van der Waals surface area contributed by atoms with Crippen molar-refractivity contribution in [1.29, 1.82) is 0 Å². The van der Waals surface area contributed by atoms with Gasteiger partial charge in [-0.2, -0.15) is 11.3 Å². The van der Waals surface area contributed by atoms with E-state index in [-0.39, 0.29) is 11.8 Å². The first-order chi connectivity index (χ1) is 12.5. The summed E-state index contributed by atoms with van der Waals surface area (Å²) in [6, 6.07) is 6.73. The maximum atomic E-state index is 12.6. The van der Waals surface area contributed by atoms with Crippen LogP contribution < -0.4 is 5.32 Å². The normalized spacial score (nSPS) is 15.1. The van der Waals surface area contributed by atoms with Crippen LogP contribution in [0.3, 0.4) is 0 Å². The molecule has 2 amide bonds. The minimum Gasteiger partial charge on any atom is -0.351 e. The number of amides is 2. The summed E-state index contributed by atoms with van der Waals surface area (Å²) in [5, 5.41) is 7.55. The third kappa shape index (κ3) is 4.76. The van der Waals surface area contributed by atoms with Crippen molar-refractivity contribution in [3.63, 3.8) is 0 Å². The van der Waals surface area contributed by atoms with Gasteiger partial charge in [0.25, 0.3) is 11.8 Å². The highest BCUT2D eigenvalue weighted by Gasteiger charge is 2.23. The second-order valence-electron chi connectivity index (χ2n) is 6.03. The second kappa shape index (κ2) is 8.86. The molecule has 138 valence electrons. The molecular formula is C18H19Cl2N3O2S. The number of nitrogens with one attached hydrogen (secondary N) is 1. The van der Waals surface area contributed by atoms with Crippen molar-refractivity contribution in [2.24, 2.45) is 0 Å². The number of piperazine rings is 1. The van der Waals surface area contributed by atoms with Gasteiger partial charge in [-0.15, -0.1) is 0 Å². The van der Waals surface area contributed by atoms with E-state index in [1.54, 1.807) is 23.1 Å². The fraction of sp³-hybridized carbons (Fsp3) is 0.333. The Kier molecular flexibility index (Phi) is 6.53. The molecule has 0 saturated carbocycles. The number of hydrogen-bond acceptors (Lipinski definition) is 4. The number of carbonyl (C=O) groups is 2. The minimum atomic E-state index is -0.0945. The largest absolute Gasteiger partial charge is 0.351 e. The molecule has 1 N–H and O–H groups in total. The summed E-state index contributed by atoms with van der Waals surface area (Å²) in [5.41, 5.74) is 1.14. The van der Waals surface area contributed by atoms with Gasteiger partial charge in [-0.05, 0) is 29.6 Å². The Hall–Kier alpha value is -1.60. The van der Waals surface area contributed by atoms with Gasteiger partial charge in [-0.1, -0.05) is 23.2 Å². The Morgan fingerprint density at radius 2 is 1.88 bits per heavy atom. The molecule has 2 aromatic rings. The van der Waals surface area contributed by atoms with E-state index < -0.39 is 0 Å². The summed E-state index contributed by atoms with van der Waals surface area (Å²) in [6.07, 6.45) is 0. The molecule has 0 unspecified atom stereocenters. The number of benzene rings is 1. The minimum absolute atomic E-state index is 0.0457. The fourth-order valence-electron chi connectivity index (χ4n) is 2.83. The zero-order valence-corrected chi connectivity index (χ0v) is 16.4. The number of rotatable bonds is 5. The van der Waals surface area contributed by atoms with Gasteiger partial charge in [0.15, 0.2) is 0 Å². The van der Waals surface area contributed by atoms with Crippen molar-refractivity contribution in [3.8, 4) is 0 Å². The van der Waals surface area contributed by atoms with Crippen molar-refractivity contribution >= 4 is 46.4 Å². The Labute approximate surface area is 166 Å². The van der Waals surface area contributed by atoms with Gasteiger partial charge in [0.1, 0.15) is 0 Å². The van der Waals surface area contributed by atoms with Crippen LogP contribution in [0.15, 0.2) is 35.0 Å². The van der Waals surface area contributed by atoms with Crippen molar-refractivity contribution < 1.29 is 9.59 Å². The van der Waals surface area contributed by atoms with E-state index in [9.17, 15) is 9.59 Å². The molecule has 1 saturated heterocycles. The quantitative estimate of drug-likeness (QED) is 0.821. The van der Waals surface area contributed by atoms with Gasteiger partial charge < -0.3 is 10.2 Å². The predicted octanol–water partition coefficient (Wildman–Crippen LogP) is 3.24. The van der Waals surface area contributed by atoms with Crippen LogP contribution in [0.4, 0.5) is 0 Å². The van der Waals surface area contributed by atoms with Crippen LogP contribution >= 0.6 is 34.5 Å². The SMILES string of the molecule is O=C(NCCN1CCN(C(=O)c2cc(Cl)ccc2Cl)CC1)c1ccsc1. The van der Waals surface area contributed by atoms with Crippen LogP contribution in [0.25, 0.3) is 0 Å². The van der Waals surface area contributed by atoms with Gasteiger partial charge in [0.2, 0.25) is 0 Å². The number of halogens is 2. The monoisotopic (exact) mass is 411 g/mol. The van der Waals surface area contributed by atoms with Gasteiger partial charge in [0.05, 0.1) is 10.6 Å². The van der Waals surface area contributed by atoms with Crippen LogP contribution in [-0.2, 0) is 0 Å². The zero-order chi connectivity index (χ0) is 18.5. The van der Waals surface area contributed by atoms with E-state index in [4.69, 9.17) is 23.2 Å². The molecule has 26 heavy (non-hydrogen) atoms. The highest BCUT2D eigenvalue weighted by atomic mass is 35.5. The Morgan fingerprint density at radius 3 is 2.58 bits per heavy atom. The first-order valence-corrected chi connectivity index (χ1v) is 10.0. The number of nitrogens with zero attached hydrogens (tertiary/aromatic N) is 2. The third-order valence-corrected chi connectivity index (χ3v) is 5.56. The lowest BCUT2D eigenvalue weighted by Crippen LogP contribution is -2.50. The number of thiophene rings is 1. The van der Waals surface area contributed by atoms with E-state index in [1.807, 2.05) is 16.8 Å².